The van der Waals surface area contributed by atoms with Gasteiger partial charge in [0.1, 0.15) is 0 Å². The van der Waals surface area contributed by atoms with E-state index in [2.05, 4.69) is 16.0 Å². The maximum Gasteiger partial charge on any atom is 0.234 e. The largest absolute Gasteiger partial charge is 0.385 e. The summed E-state index contributed by atoms with van der Waals surface area (Å²) in [4.78, 5) is 23.2. The Morgan fingerprint density at radius 3 is 2.24 bits per heavy atom. The smallest absolute Gasteiger partial charge is 0.234 e. The summed E-state index contributed by atoms with van der Waals surface area (Å²) in [6.07, 6.45) is 14.4. The number of hydrogen-bond donors (Lipinski definition) is 3. The van der Waals surface area contributed by atoms with Crippen molar-refractivity contribution in [3.05, 3.63) is 29.8 Å². The third kappa shape index (κ3) is 7.46. The topological polar surface area (TPSA) is 70.2 Å². The van der Waals surface area contributed by atoms with Crippen molar-refractivity contribution in [3.63, 3.8) is 0 Å². The molecule has 1 atom stereocenters. The lowest BCUT2D eigenvalue weighted by molar-refractivity contribution is -0.134. The maximum absolute atomic E-state index is 12.0. The van der Waals surface area contributed by atoms with E-state index in [1.54, 1.807) is 0 Å². The number of anilines is 1. The summed E-state index contributed by atoms with van der Waals surface area (Å²) < 4.78 is 0. The second-order valence-electron chi connectivity index (χ2n) is 8.61. The monoisotopic (exact) mass is 399 g/mol. The van der Waals surface area contributed by atoms with Crippen LogP contribution < -0.4 is 16.0 Å². The first-order valence-corrected chi connectivity index (χ1v) is 11.6. The summed E-state index contributed by atoms with van der Waals surface area (Å²) in [5, 5.41) is 9.62. The molecule has 2 amide bonds. The van der Waals surface area contributed by atoms with E-state index >= 15 is 0 Å². The number of nitrogens with one attached hydrogen (secondary N) is 3. The van der Waals surface area contributed by atoms with Gasteiger partial charge in [-0.3, -0.25) is 14.9 Å². The van der Waals surface area contributed by atoms with Crippen LogP contribution in [0.5, 0.6) is 0 Å². The van der Waals surface area contributed by atoms with Crippen molar-refractivity contribution in [2.45, 2.75) is 89.0 Å². The zero-order valence-electron chi connectivity index (χ0n) is 17.7. The number of amides is 2. The predicted molar refractivity (Wildman–Crippen MR) is 118 cm³/mol. The van der Waals surface area contributed by atoms with E-state index in [0.29, 0.717) is 12.8 Å². The summed E-state index contributed by atoms with van der Waals surface area (Å²) in [5.41, 5.74) is 2.08. The van der Waals surface area contributed by atoms with Crippen LogP contribution in [-0.4, -0.2) is 30.9 Å². The van der Waals surface area contributed by atoms with Crippen LogP contribution in [0.15, 0.2) is 24.3 Å². The Kier molecular flexibility index (Phi) is 9.00. The quantitative estimate of drug-likeness (QED) is 0.379. The second kappa shape index (κ2) is 12.0. The second-order valence-corrected chi connectivity index (χ2v) is 8.61. The van der Waals surface area contributed by atoms with Crippen molar-refractivity contribution >= 4 is 17.5 Å². The van der Waals surface area contributed by atoms with Crippen molar-refractivity contribution in [3.8, 4) is 0 Å². The minimum Gasteiger partial charge on any atom is -0.385 e. The van der Waals surface area contributed by atoms with Crippen molar-refractivity contribution in [2.75, 3.05) is 18.4 Å². The molecule has 1 saturated heterocycles. The zero-order valence-corrected chi connectivity index (χ0v) is 17.7. The number of benzene rings is 1. The molecule has 1 aromatic rings. The number of unbranched alkanes of at least 4 members (excludes halogenated alkanes) is 4. The molecular formula is C24H37N3O2. The number of hydrogen-bond acceptors (Lipinski definition) is 4. The van der Waals surface area contributed by atoms with Gasteiger partial charge in [0.15, 0.2) is 0 Å². The lowest BCUT2D eigenvalue weighted by atomic mass is 9.90. The van der Waals surface area contributed by atoms with Gasteiger partial charge in [-0.2, -0.15) is 0 Å². The van der Waals surface area contributed by atoms with Gasteiger partial charge in [-0.25, -0.2) is 0 Å². The summed E-state index contributed by atoms with van der Waals surface area (Å²) in [6.45, 7) is 2.17. The molecule has 1 saturated carbocycles. The van der Waals surface area contributed by atoms with Gasteiger partial charge in [0.05, 0.1) is 5.92 Å². The lowest BCUT2D eigenvalue weighted by Crippen LogP contribution is -2.39. The number of carbonyl (C=O) groups is 2. The van der Waals surface area contributed by atoms with E-state index in [1.165, 1.54) is 70.8 Å². The predicted octanol–water partition coefficient (Wildman–Crippen LogP) is 4.49. The van der Waals surface area contributed by atoms with Crippen LogP contribution in [0.4, 0.5) is 5.69 Å². The summed E-state index contributed by atoms with van der Waals surface area (Å²) in [5.74, 6) is -0.532. The van der Waals surface area contributed by atoms with Gasteiger partial charge >= 0.3 is 0 Å². The van der Waals surface area contributed by atoms with Crippen molar-refractivity contribution in [2.24, 2.45) is 0 Å². The van der Waals surface area contributed by atoms with E-state index < -0.39 is 0 Å². The first-order chi connectivity index (χ1) is 14.2. The maximum atomic E-state index is 12.0. The van der Waals surface area contributed by atoms with Crippen molar-refractivity contribution in [1.82, 2.24) is 10.6 Å². The van der Waals surface area contributed by atoms with Gasteiger partial charge in [-0.05, 0) is 56.3 Å². The van der Waals surface area contributed by atoms with Crippen LogP contribution in [0.2, 0.25) is 0 Å². The van der Waals surface area contributed by atoms with E-state index in [9.17, 15) is 9.59 Å². The molecule has 5 nitrogen and oxygen atoms in total. The highest BCUT2D eigenvalue weighted by molar-refractivity contribution is 6.00. The van der Waals surface area contributed by atoms with Crippen LogP contribution >= 0.6 is 0 Å². The molecule has 0 radical (unpaired) electrons. The van der Waals surface area contributed by atoms with Gasteiger partial charge < -0.3 is 10.6 Å². The summed E-state index contributed by atoms with van der Waals surface area (Å²) in [7, 11) is 0. The molecule has 0 bridgehead atoms. The van der Waals surface area contributed by atoms with Crippen LogP contribution in [0, 0.1) is 0 Å². The number of carbonyl (C=O) groups excluding carboxylic acids is 2. The molecule has 1 heterocycles. The molecule has 3 rings (SSSR count). The first-order valence-electron chi connectivity index (χ1n) is 11.6. The number of rotatable bonds is 11. The fraction of sp³-hybridized carbons (Fsp3) is 0.667. The highest BCUT2D eigenvalue weighted by atomic mass is 16.2. The van der Waals surface area contributed by atoms with Crippen molar-refractivity contribution in [1.29, 1.82) is 0 Å². The molecule has 3 N–H and O–H groups in total. The Bertz CT molecular complexity index is 638. The van der Waals surface area contributed by atoms with Gasteiger partial charge in [0, 0.05) is 24.7 Å². The Morgan fingerprint density at radius 1 is 0.828 bits per heavy atom. The average molecular weight is 400 g/mol. The van der Waals surface area contributed by atoms with Crippen LogP contribution in [-0.2, 0) is 9.59 Å². The summed E-state index contributed by atoms with van der Waals surface area (Å²) in [6, 6.07) is 8.87. The van der Waals surface area contributed by atoms with E-state index in [0.717, 1.165) is 23.8 Å². The SMILES string of the molecule is O=C1CCC(c2ccc(NCCCCCCCNC3CCCCC3)cc2)C(=O)N1. The van der Waals surface area contributed by atoms with E-state index in [1.807, 2.05) is 24.3 Å². The average Bonchev–Trinajstić information content (AvgIpc) is 2.74. The van der Waals surface area contributed by atoms with Crippen molar-refractivity contribution < 1.29 is 9.59 Å². The molecule has 1 aliphatic heterocycles. The Hall–Kier alpha value is -1.88. The minimum atomic E-state index is -0.200. The molecule has 0 spiro atoms. The van der Waals surface area contributed by atoms with Crippen LogP contribution in [0.25, 0.3) is 0 Å². The van der Waals surface area contributed by atoms with Gasteiger partial charge in [0.25, 0.3) is 0 Å². The Morgan fingerprint density at radius 2 is 1.52 bits per heavy atom. The minimum absolute atomic E-state index is 0.162. The molecule has 5 heteroatoms. The Labute approximate surface area is 175 Å². The van der Waals surface area contributed by atoms with Gasteiger partial charge in [-0.1, -0.05) is 50.7 Å². The molecule has 1 aliphatic carbocycles. The summed E-state index contributed by atoms with van der Waals surface area (Å²) >= 11 is 0. The standard InChI is InChI=1S/C24H37N3O2/c28-23-16-15-22(24(29)27-23)19-11-13-21(14-12-19)26-18-8-3-1-2-7-17-25-20-9-5-4-6-10-20/h11-14,20,22,25-26H,1-10,15-18H2,(H,27,28,29). The van der Waals surface area contributed by atoms with E-state index in [4.69, 9.17) is 0 Å². The zero-order chi connectivity index (χ0) is 20.3. The van der Waals surface area contributed by atoms with E-state index in [-0.39, 0.29) is 17.7 Å². The fourth-order valence-electron chi connectivity index (χ4n) is 4.47. The number of imide groups is 1. The molecule has 160 valence electrons. The third-order valence-electron chi connectivity index (χ3n) is 6.27. The van der Waals surface area contributed by atoms with Gasteiger partial charge in [-0.15, -0.1) is 0 Å². The highest BCUT2D eigenvalue weighted by Gasteiger charge is 2.27. The molecule has 2 fully saturated rings. The first kappa shape index (κ1) is 21.8. The lowest BCUT2D eigenvalue weighted by Gasteiger charge is -2.22. The Balaban J connectivity index is 1.22. The normalized spacial score (nSPS) is 20.5. The highest BCUT2D eigenvalue weighted by Crippen LogP contribution is 2.25. The fourth-order valence-corrected chi connectivity index (χ4v) is 4.47. The van der Waals surface area contributed by atoms with Gasteiger partial charge in [0.2, 0.25) is 11.8 Å². The molecule has 29 heavy (non-hydrogen) atoms. The molecule has 1 aromatic carbocycles. The molecule has 0 aromatic heterocycles. The van der Waals surface area contributed by atoms with Crippen LogP contribution in [0.3, 0.4) is 0 Å². The van der Waals surface area contributed by atoms with Crippen LogP contribution in [0.1, 0.15) is 88.5 Å². The number of piperidine rings is 1. The molecule has 2 aliphatic rings. The molecule has 1 unspecified atom stereocenters. The third-order valence-corrected chi connectivity index (χ3v) is 6.27. The molecular weight excluding hydrogens is 362 g/mol.